The van der Waals surface area contributed by atoms with E-state index in [0.29, 0.717) is 33.7 Å². The molecular weight excluding hydrogens is 504 g/mol. The van der Waals surface area contributed by atoms with Gasteiger partial charge in [0.25, 0.3) is 5.91 Å². The maximum Gasteiger partial charge on any atom is 0.254 e. The summed E-state index contributed by atoms with van der Waals surface area (Å²) in [5, 5.41) is 13.2. The third-order valence-corrected chi connectivity index (χ3v) is 4.80. The Kier molecular flexibility index (Phi) is 8.16. The second kappa shape index (κ2) is 10.3. The largest absolute Gasteiger partial charge is 0.493 e. The lowest BCUT2D eigenvalue weighted by atomic mass is 10.2. The van der Waals surface area contributed by atoms with Crippen LogP contribution in [0.15, 0.2) is 35.4 Å². The predicted octanol–water partition coefficient (Wildman–Crippen LogP) is 4.55. The SMILES string of the molecule is COc1cc(C=NNC(=O)CC#N)cc(I)c1OCc1ccc(Cl)c(Cl)c1. The van der Waals surface area contributed by atoms with Gasteiger partial charge < -0.3 is 9.47 Å². The fourth-order valence-corrected chi connectivity index (χ4v) is 3.13. The Morgan fingerprint density at radius 1 is 1.33 bits per heavy atom. The van der Waals surface area contributed by atoms with Gasteiger partial charge in [-0.1, -0.05) is 29.3 Å². The van der Waals surface area contributed by atoms with Crippen molar-refractivity contribution in [2.45, 2.75) is 13.0 Å². The van der Waals surface area contributed by atoms with Crippen molar-refractivity contribution in [2.24, 2.45) is 5.10 Å². The van der Waals surface area contributed by atoms with Crippen LogP contribution >= 0.6 is 45.8 Å². The third kappa shape index (κ3) is 6.27. The molecule has 0 aromatic heterocycles. The van der Waals surface area contributed by atoms with Gasteiger partial charge in [0.1, 0.15) is 13.0 Å². The monoisotopic (exact) mass is 517 g/mol. The number of nitrogens with one attached hydrogen (secondary N) is 1. The molecule has 2 aromatic carbocycles. The Hall–Kier alpha value is -2.02. The molecule has 0 bridgehead atoms. The number of methoxy groups -OCH3 is 1. The van der Waals surface area contributed by atoms with Crippen molar-refractivity contribution < 1.29 is 14.3 Å². The molecule has 1 amide bonds. The number of hydrogen-bond donors (Lipinski definition) is 1. The van der Waals surface area contributed by atoms with Crippen LogP contribution in [0.3, 0.4) is 0 Å². The van der Waals surface area contributed by atoms with E-state index in [1.165, 1.54) is 13.3 Å². The lowest BCUT2D eigenvalue weighted by Gasteiger charge is -2.14. The lowest BCUT2D eigenvalue weighted by Crippen LogP contribution is -2.16. The Labute approximate surface area is 180 Å². The lowest BCUT2D eigenvalue weighted by molar-refractivity contribution is -0.120. The maximum atomic E-state index is 11.2. The van der Waals surface area contributed by atoms with Gasteiger partial charge in [0.2, 0.25) is 0 Å². The van der Waals surface area contributed by atoms with Crippen molar-refractivity contribution in [3.05, 3.63) is 55.1 Å². The zero-order valence-corrected chi connectivity index (χ0v) is 17.8. The summed E-state index contributed by atoms with van der Waals surface area (Å²) < 4.78 is 12.1. The van der Waals surface area contributed by atoms with E-state index in [9.17, 15) is 4.79 Å². The van der Waals surface area contributed by atoms with E-state index >= 15 is 0 Å². The summed E-state index contributed by atoms with van der Waals surface area (Å²) in [6.45, 7) is 0.293. The van der Waals surface area contributed by atoms with Crippen molar-refractivity contribution >= 4 is 57.9 Å². The summed E-state index contributed by atoms with van der Waals surface area (Å²) in [6.07, 6.45) is 1.21. The number of amides is 1. The summed E-state index contributed by atoms with van der Waals surface area (Å²) in [5.41, 5.74) is 3.84. The number of halogens is 3. The van der Waals surface area contributed by atoms with Crippen LogP contribution in [0.25, 0.3) is 0 Å². The molecule has 0 fully saturated rings. The summed E-state index contributed by atoms with van der Waals surface area (Å²) in [7, 11) is 1.53. The minimum atomic E-state index is -0.475. The highest BCUT2D eigenvalue weighted by Gasteiger charge is 2.12. The van der Waals surface area contributed by atoms with Crippen molar-refractivity contribution in [3.63, 3.8) is 0 Å². The number of ether oxygens (including phenoxy) is 2. The van der Waals surface area contributed by atoms with E-state index < -0.39 is 5.91 Å². The highest BCUT2D eigenvalue weighted by molar-refractivity contribution is 14.1. The van der Waals surface area contributed by atoms with Crippen LogP contribution in [-0.4, -0.2) is 19.2 Å². The molecule has 0 saturated carbocycles. The first-order chi connectivity index (χ1) is 12.9. The van der Waals surface area contributed by atoms with E-state index in [0.717, 1.165) is 9.13 Å². The van der Waals surface area contributed by atoms with E-state index in [1.54, 1.807) is 24.3 Å². The van der Waals surface area contributed by atoms with Crippen LogP contribution in [0.5, 0.6) is 11.5 Å². The van der Waals surface area contributed by atoms with Crippen LogP contribution in [0.1, 0.15) is 17.5 Å². The first-order valence-electron chi connectivity index (χ1n) is 7.57. The first kappa shape index (κ1) is 21.3. The van der Waals surface area contributed by atoms with Gasteiger partial charge in [-0.3, -0.25) is 4.79 Å². The zero-order chi connectivity index (χ0) is 19.8. The number of hydrazone groups is 1. The number of nitriles is 1. The molecule has 27 heavy (non-hydrogen) atoms. The number of carbonyl (C=O) groups excluding carboxylic acids is 1. The van der Waals surface area contributed by atoms with Crippen LogP contribution < -0.4 is 14.9 Å². The van der Waals surface area contributed by atoms with E-state index in [2.05, 4.69) is 33.1 Å². The average Bonchev–Trinajstić information content (AvgIpc) is 2.63. The molecule has 0 aliphatic heterocycles. The fourth-order valence-electron chi connectivity index (χ4n) is 2.03. The molecule has 0 saturated heterocycles. The van der Waals surface area contributed by atoms with Crippen molar-refractivity contribution in [1.82, 2.24) is 5.43 Å². The molecular formula is C18H14Cl2IN3O3. The topological polar surface area (TPSA) is 83.7 Å². The van der Waals surface area contributed by atoms with E-state index in [-0.39, 0.29) is 6.42 Å². The van der Waals surface area contributed by atoms with Gasteiger partial charge in [-0.2, -0.15) is 10.4 Å². The molecule has 0 spiro atoms. The van der Waals surface area contributed by atoms with E-state index in [1.807, 2.05) is 12.1 Å². The van der Waals surface area contributed by atoms with Crippen LogP contribution in [0.2, 0.25) is 10.0 Å². The molecule has 2 rings (SSSR count). The summed E-state index contributed by atoms with van der Waals surface area (Å²) in [4.78, 5) is 11.2. The van der Waals surface area contributed by atoms with Crippen LogP contribution in [0, 0.1) is 14.9 Å². The Morgan fingerprint density at radius 2 is 2.11 bits per heavy atom. The van der Waals surface area contributed by atoms with Gasteiger partial charge in [0.15, 0.2) is 11.5 Å². The second-order valence-corrected chi connectivity index (χ2v) is 7.18. The zero-order valence-electron chi connectivity index (χ0n) is 14.1. The molecule has 0 unspecified atom stereocenters. The van der Waals surface area contributed by atoms with Gasteiger partial charge >= 0.3 is 0 Å². The third-order valence-electron chi connectivity index (χ3n) is 3.26. The number of rotatable bonds is 7. The normalized spacial score (nSPS) is 10.5. The minimum Gasteiger partial charge on any atom is -0.493 e. The molecule has 0 radical (unpaired) electrons. The molecule has 1 N–H and O–H groups in total. The summed E-state index contributed by atoms with van der Waals surface area (Å²) in [5.74, 6) is 0.624. The average molecular weight is 518 g/mol. The smallest absolute Gasteiger partial charge is 0.254 e. The van der Waals surface area contributed by atoms with Gasteiger partial charge in [-0.25, -0.2) is 5.43 Å². The van der Waals surface area contributed by atoms with Crippen molar-refractivity contribution in [1.29, 1.82) is 5.26 Å². The Bertz CT molecular complexity index is 913. The maximum absolute atomic E-state index is 11.2. The summed E-state index contributed by atoms with van der Waals surface area (Å²) >= 11 is 14.1. The quantitative estimate of drug-likeness (QED) is 0.332. The molecule has 2 aromatic rings. The molecule has 0 heterocycles. The molecule has 140 valence electrons. The molecule has 6 nitrogen and oxygen atoms in total. The van der Waals surface area contributed by atoms with Gasteiger partial charge in [0.05, 0.1) is 33.0 Å². The fraction of sp³-hybridized carbons (Fsp3) is 0.167. The molecule has 0 aliphatic rings. The Balaban J connectivity index is 2.13. The molecule has 0 atom stereocenters. The van der Waals surface area contributed by atoms with Gasteiger partial charge in [-0.05, 0) is 58.0 Å². The standard InChI is InChI=1S/C18H14Cl2IN3O3/c1-26-16-8-12(9-23-24-17(25)4-5-22)7-15(21)18(16)27-10-11-2-3-13(19)14(20)6-11/h2-3,6-9H,4,10H2,1H3,(H,24,25). The number of carbonyl (C=O) groups is 1. The minimum absolute atomic E-state index is 0.250. The number of nitrogens with zero attached hydrogens (tertiary/aromatic N) is 2. The molecule has 9 heteroatoms. The van der Waals surface area contributed by atoms with Crippen molar-refractivity contribution in [3.8, 4) is 17.6 Å². The second-order valence-electron chi connectivity index (χ2n) is 5.20. The number of benzene rings is 2. The Morgan fingerprint density at radius 3 is 2.78 bits per heavy atom. The number of hydrogen-bond acceptors (Lipinski definition) is 5. The van der Waals surface area contributed by atoms with Crippen LogP contribution in [-0.2, 0) is 11.4 Å². The predicted molar refractivity (Wildman–Crippen MR) is 112 cm³/mol. The highest BCUT2D eigenvalue weighted by atomic mass is 127. The summed E-state index contributed by atoms with van der Waals surface area (Å²) in [6, 6.07) is 10.6. The van der Waals surface area contributed by atoms with Gasteiger partial charge in [0, 0.05) is 0 Å². The van der Waals surface area contributed by atoms with Crippen LogP contribution in [0.4, 0.5) is 0 Å². The van der Waals surface area contributed by atoms with Gasteiger partial charge in [-0.15, -0.1) is 0 Å². The highest BCUT2D eigenvalue weighted by Crippen LogP contribution is 2.34. The van der Waals surface area contributed by atoms with E-state index in [4.69, 9.17) is 37.9 Å². The van der Waals surface area contributed by atoms with Crippen molar-refractivity contribution in [2.75, 3.05) is 7.11 Å². The molecule has 0 aliphatic carbocycles. The first-order valence-corrected chi connectivity index (χ1v) is 9.41.